The van der Waals surface area contributed by atoms with Crippen LogP contribution in [0.3, 0.4) is 0 Å². The van der Waals surface area contributed by atoms with Gasteiger partial charge in [0, 0.05) is 0 Å². The molecule has 0 aromatic heterocycles. The number of rotatable bonds is 2. The third-order valence-corrected chi connectivity index (χ3v) is 8.85. The molecule has 6 rings (SSSR count). The second-order valence-electron chi connectivity index (χ2n) is 12.8. The zero-order valence-corrected chi connectivity index (χ0v) is 28.1. The summed E-state index contributed by atoms with van der Waals surface area (Å²) in [6, 6.07) is 37.3. The third-order valence-electron chi connectivity index (χ3n) is 7.43. The van der Waals surface area contributed by atoms with E-state index in [0.29, 0.717) is 0 Å². The molecular weight excluding hydrogens is 572 g/mol. The minimum atomic E-state index is 0.203. The Morgan fingerprint density at radius 1 is 0.659 bits per heavy atom. The molecule has 0 fully saturated rings. The van der Waals surface area contributed by atoms with E-state index in [4.69, 9.17) is 0 Å². The normalized spacial score (nSPS) is 12.9. The van der Waals surface area contributed by atoms with E-state index in [1.807, 2.05) is 0 Å². The fraction of sp³-hybridized carbons (Fsp3) is 0.250. The molecule has 0 nitrogen and oxygen atoms in total. The summed E-state index contributed by atoms with van der Waals surface area (Å²) in [7, 11) is 0. The van der Waals surface area contributed by atoms with Gasteiger partial charge in [0.2, 0.25) is 0 Å². The Labute approximate surface area is 262 Å². The van der Waals surface area contributed by atoms with Gasteiger partial charge in [-0.2, -0.15) is 6.08 Å². The average Bonchev–Trinajstić information content (AvgIpc) is 3.59. The number of hydrogen-bond donors (Lipinski definition) is 0. The van der Waals surface area contributed by atoms with Gasteiger partial charge in [-0.25, -0.2) is 11.6 Å². The Bertz CT molecular complexity index is 1550. The first kappa shape index (κ1) is 30.9. The van der Waals surface area contributed by atoms with Crippen LogP contribution >= 0.6 is 0 Å². The molecule has 206 valence electrons. The molecule has 1 heteroatoms. The zero-order chi connectivity index (χ0) is 29.6. The number of allylic oxidation sites excluding steroid dienone is 4. The summed E-state index contributed by atoms with van der Waals surface area (Å²) >= 11 is 1.46. The number of fused-ring (bicyclic) bond motifs is 3. The molecule has 0 saturated heterocycles. The van der Waals surface area contributed by atoms with Crippen molar-refractivity contribution in [2.45, 2.75) is 65.7 Å². The number of hydrogen-bond acceptors (Lipinski definition) is 0. The van der Waals surface area contributed by atoms with E-state index in [2.05, 4.69) is 170 Å². The van der Waals surface area contributed by atoms with Crippen LogP contribution in [0.1, 0.15) is 77.1 Å². The van der Waals surface area contributed by atoms with Crippen LogP contribution < -0.4 is 0 Å². The van der Waals surface area contributed by atoms with Crippen LogP contribution in [0.2, 0.25) is 0 Å². The first-order valence-electron chi connectivity index (χ1n) is 14.5. The average molecular weight is 614 g/mol. The SMILES string of the molecule is CC(C)(C)c1ccc2c(c1)[cH-]c1cc(C(C)(C)C)ccc12.CC1=[C-]CC=C1.[Zr+2]=[C](c1ccccc1)c1ccccc1. The summed E-state index contributed by atoms with van der Waals surface area (Å²) in [6.07, 6.45) is 8.33. The molecule has 0 unspecified atom stereocenters. The van der Waals surface area contributed by atoms with Crippen molar-refractivity contribution in [2.75, 3.05) is 0 Å². The monoisotopic (exact) mass is 612 g/mol. The molecule has 0 N–H and O–H groups in total. The summed E-state index contributed by atoms with van der Waals surface area (Å²) in [5, 5.41) is 5.48. The van der Waals surface area contributed by atoms with Gasteiger partial charge in [0.15, 0.2) is 0 Å². The van der Waals surface area contributed by atoms with Crippen LogP contribution in [0.15, 0.2) is 121 Å². The first-order chi connectivity index (χ1) is 19.4. The second-order valence-corrected chi connectivity index (χ2v) is 14.1. The van der Waals surface area contributed by atoms with E-state index < -0.39 is 0 Å². The molecule has 0 spiro atoms. The van der Waals surface area contributed by atoms with Crippen molar-refractivity contribution in [1.82, 2.24) is 0 Å². The molecule has 41 heavy (non-hydrogen) atoms. The summed E-state index contributed by atoms with van der Waals surface area (Å²) in [4.78, 5) is 0. The van der Waals surface area contributed by atoms with Crippen LogP contribution in [0.4, 0.5) is 0 Å². The summed E-state index contributed by atoms with van der Waals surface area (Å²) in [6.45, 7) is 15.7. The van der Waals surface area contributed by atoms with Crippen molar-refractivity contribution in [2.24, 2.45) is 0 Å². The van der Waals surface area contributed by atoms with Crippen molar-refractivity contribution in [3.8, 4) is 0 Å². The van der Waals surface area contributed by atoms with Crippen molar-refractivity contribution in [1.29, 1.82) is 0 Å². The quantitative estimate of drug-likeness (QED) is 0.174. The third kappa shape index (κ3) is 8.27. The fourth-order valence-corrected chi connectivity index (χ4v) is 5.67. The molecule has 0 atom stereocenters. The molecule has 5 aromatic rings. The summed E-state index contributed by atoms with van der Waals surface area (Å²) in [5.41, 5.74) is 7.15. The van der Waals surface area contributed by atoms with Crippen LogP contribution in [0.25, 0.3) is 21.5 Å². The van der Waals surface area contributed by atoms with Gasteiger partial charge in [-0.1, -0.05) is 83.9 Å². The molecule has 0 amide bonds. The van der Waals surface area contributed by atoms with Crippen LogP contribution in [-0.4, -0.2) is 3.21 Å². The van der Waals surface area contributed by atoms with Crippen LogP contribution in [0, 0.1) is 6.08 Å². The number of benzene rings is 4. The second kappa shape index (κ2) is 13.3. The molecule has 0 bridgehead atoms. The van der Waals surface area contributed by atoms with Gasteiger partial charge in [-0.3, -0.25) is 6.08 Å². The Kier molecular flexibility index (Phi) is 10.0. The van der Waals surface area contributed by atoms with Gasteiger partial charge < -0.3 is 0 Å². The van der Waals surface area contributed by atoms with Crippen molar-refractivity contribution in [3.63, 3.8) is 0 Å². The predicted octanol–water partition coefficient (Wildman–Crippen LogP) is 10.8. The van der Waals surface area contributed by atoms with Gasteiger partial charge >= 0.3 is 99.2 Å². The van der Waals surface area contributed by atoms with Gasteiger partial charge in [0.1, 0.15) is 0 Å². The van der Waals surface area contributed by atoms with E-state index in [9.17, 15) is 0 Å². The molecule has 0 saturated carbocycles. The molecular formula is C40H42Zr. The summed E-state index contributed by atoms with van der Waals surface area (Å²) < 4.78 is 1.42. The van der Waals surface area contributed by atoms with E-state index in [1.54, 1.807) is 0 Å². The van der Waals surface area contributed by atoms with E-state index in [0.717, 1.165) is 6.42 Å². The first-order valence-corrected chi connectivity index (χ1v) is 15.7. The minimum absolute atomic E-state index is 0.203. The molecule has 5 aromatic carbocycles. The topological polar surface area (TPSA) is 0 Å². The van der Waals surface area contributed by atoms with E-state index in [-0.39, 0.29) is 10.8 Å². The fourth-order valence-electron chi connectivity index (χ4n) is 4.85. The zero-order valence-electron chi connectivity index (χ0n) is 25.7. The van der Waals surface area contributed by atoms with Gasteiger partial charge in [-0.15, -0.1) is 46.2 Å². The standard InChI is InChI=1S/C21H25.C13H10.C6H7.Zr/c1-20(2,3)16-7-9-18-14(12-16)11-15-13-17(21(4,5)6)8-10-19(15)18;1-3-7-12(8-4-1)11-13-9-5-2-6-10-13;1-6-4-2-3-5-6;/h7-13H,1-6H3;1-10H;2,4H,3H2,1H3;/q-1;;-1;+2. The van der Waals surface area contributed by atoms with Gasteiger partial charge in [0.25, 0.3) is 0 Å². The maximum atomic E-state index is 3.12. The molecule has 1 aliphatic carbocycles. The Morgan fingerprint density at radius 2 is 1.10 bits per heavy atom. The van der Waals surface area contributed by atoms with Crippen LogP contribution in [-0.2, 0) is 35.1 Å². The Morgan fingerprint density at radius 3 is 1.41 bits per heavy atom. The molecule has 0 heterocycles. The van der Waals surface area contributed by atoms with E-state index in [1.165, 1.54) is 76.8 Å². The van der Waals surface area contributed by atoms with Crippen molar-refractivity contribution in [3.05, 3.63) is 149 Å². The van der Waals surface area contributed by atoms with E-state index >= 15 is 0 Å². The van der Waals surface area contributed by atoms with Crippen molar-refractivity contribution < 1.29 is 24.2 Å². The van der Waals surface area contributed by atoms with Crippen LogP contribution in [0.5, 0.6) is 0 Å². The molecule has 0 aliphatic heterocycles. The summed E-state index contributed by atoms with van der Waals surface area (Å²) in [5.74, 6) is 0. The van der Waals surface area contributed by atoms with Gasteiger partial charge in [0.05, 0.1) is 0 Å². The van der Waals surface area contributed by atoms with Crippen molar-refractivity contribution >= 4 is 24.8 Å². The maximum absolute atomic E-state index is 3.12. The Hall–Kier alpha value is -3.02. The Balaban J connectivity index is 0.000000165. The van der Waals surface area contributed by atoms with Gasteiger partial charge in [-0.05, 0) is 10.8 Å². The molecule has 0 radical (unpaired) electrons. The molecule has 1 aliphatic rings. The predicted molar refractivity (Wildman–Crippen MR) is 177 cm³/mol.